The van der Waals surface area contributed by atoms with Crippen LogP contribution in [-0.2, 0) is 18.4 Å². The molecular weight excluding hydrogens is 642 g/mol. The number of aromatic nitrogens is 6. The van der Waals surface area contributed by atoms with Gasteiger partial charge in [0.2, 0.25) is 5.89 Å². The summed E-state index contributed by atoms with van der Waals surface area (Å²) in [7, 11) is 0. The van der Waals surface area contributed by atoms with Crippen molar-refractivity contribution in [2.24, 2.45) is 5.41 Å². The van der Waals surface area contributed by atoms with Gasteiger partial charge in [-0.1, -0.05) is 11.6 Å². The summed E-state index contributed by atoms with van der Waals surface area (Å²) in [5, 5.41) is 20.3. The number of rotatable bonds is 3. The summed E-state index contributed by atoms with van der Waals surface area (Å²) < 4.78 is 44.1. The summed E-state index contributed by atoms with van der Waals surface area (Å²) in [5.74, 6) is 0.843. The van der Waals surface area contributed by atoms with Crippen LogP contribution in [0.4, 0.5) is 14.6 Å². The molecule has 4 aromatic heterocycles. The third-order valence-electron chi connectivity index (χ3n) is 11.6. The van der Waals surface area contributed by atoms with Crippen molar-refractivity contribution >= 4 is 39.2 Å². The van der Waals surface area contributed by atoms with Crippen molar-refractivity contribution in [2.45, 2.75) is 68.7 Å². The van der Waals surface area contributed by atoms with Gasteiger partial charge in [-0.25, -0.2) is 13.8 Å². The zero-order chi connectivity index (χ0) is 32.4. The topological polar surface area (TPSA) is 129 Å². The molecule has 1 spiro atoms. The Morgan fingerprint density at radius 1 is 1.10 bits per heavy atom. The van der Waals surface area contributed by atoms with Gasteiger partial charge >= 0.3 is 6.01 Å². The summed E-state index contributed by atoms with van der Waals surface area (Å²) in [4.78, 5) is 23.0. The number of benzene rings is 1. The number of pyridine rings is 1. The van der Waals surface area contributed by atoms with Crippen LogP contribution in [0.3, 0.4) is 0 Å². The smallest absolute Gasteiger partial charge is 0.319 e. The van der Waals surface area contributed by atoms with Crippen LogP contribution in [0.1, 0.15) is 55.7 Å². The Hall–Kier alpha value is -3.94. The standard InChI is InChI=1S/C34H33ClF2N8O3/c35-23-8-24-21(12-40-43-24)25-20(23)3-2-19-10-39-30(48-19)34(46)14-32(15-34)5-7-44(16-32)29-22-11-38-28(25)26(37)27(22)41-31(42-29)47-17-33-4-1-6-45(33)13-18(36)9-33/h8,10-12,18,46H,1-7,9,13-17H2,(H,40,43)/t18-,32?,33+,34?/m1/s1. The van der Waals surface area contributed by atoms with Gasteiger partial charge < -0.3 is 19.2 Å². The molecule has 12 rings (SSSR count). The van der Waals surface area contributed by atoms with E-state index in [1.165, 1.54) is 0 Å². The Morgan fingerprint density at radius 2 is 2.00 bits per heavy atom. The number of nitrogens with zero attached hydrogens (tertiary/aromatic N) is 7. The van der Waals surface area contributed by atoms with Gasteiger partial charge in [0.25, 0.3) is 0 Å². The second kappa shape index (κ2) is 10.1. The molecule has 1 saturated carbocycles. The van der Waals surface area contributed by atoms with E-state index in [2.05, 4.69) is 30.0 Å². The van der Waals surface area contributed by atoms with E-state index in [1.54, 1.807) is 24.7 Å². The Balaban J connectivity index is 1.15. The van der Waals surface area contributed by atoms with Crippen molar-refractivity contribution in [3.63, 3.8) is 0 Å². The average Bonchev–Trinajstić information content (AvgIpc) is 3.88. The number of anilines is 1. The SMILES string of the molecule is OC12CC3(CCN(C3)c3nc(OC[C@@]45CCCN4C[C@H](F)C5)nc4c(F)c(ncc34)-c3c(c(Cl)cc4[nH]ncc34)CCc3cnc1o3)C2. The maximum atomic E-state index is 17.1. The zero-order valence-corrected chi connectivity index (χ0v) is 26.9. The molecule has 0 unspecified atom stereocenters. The predicted molar refractivity (Wildman–Crippen MR) is 172 cm³/mol. The van der Waals surface area contributed by atoms with E-state index in [1.807, 2.05) is 0 Å². The number of aryl methyl sites for hydroxylation is 1. The van der Waals surface area contributed by atoms with E-state index in [9.17, 15) is 9.50 Å². The number of aromatic amines is 1. The zero-order valence-electron chi connectivity index (χ0n) is 26.1. The molecule has 1 aliphatic carbocycles. The molecule has 2 atom stereocenters. The highest BCUT2D eigenvalue weighted by molar-refractivity contribution is 6.33. The molecular formula is C34H33ClF2N8O3. The van der Waals surface area contributed by atoms with Gasteiger partial charge in [-0.3, -0.25) is 15.0 Å². The summed E-state index contributed by atoms with van der Waals surface area (Å²) in [5.41, 5.74) is 0.266. The molecule has 0 radical (unpaired) electrons. The molecule has 0 amide bonds. The van der Waals surface area contributed by atoms with E-state index in [0.717, 1.165) is 25.8 Å². The Labute approximate surface area is 278 Å². The summed E-state index contributed by atoms with van der Waals surface area (Å²) in [6.45, 7) is 2.71. The first-order valence-electron chi connectivity index (χ1n) is 16.7. The van der Waals surface area contributed by atoms with Gasteiger partial charge in [-0.2, -0.15) is 15.1 Å². The van der Waals surface area contributed by atoms with Gasteiger partial charge in [-0.05, 0) is 62.1 Å². The largest absolute Gasteiger partial charge is 0.461 e. The van der Waals surface area contributed by atoms with Crippen LogP contribution in [0.15, 0.2) is 29.1 Å². The summed E-state index contributed by atoms with van der Waals surface area (Å²) >= 11 is 6.87. The third-order valence-corrected chi connectivity index (χ3v) is 11.9. The van der Waals surface area contributed by atoms with Crippen molar-refractivity contribution < 1.29 is 23.0 Å². The quantitative estimate of drug-likeness (QED) is 0.261. The lowest BCUT2D eigenvalue weighted by Gasteiger charge is -2.49. The summed E-state index contributed by atoms with van der Waals surface area (Å²) in [6.07, 6.45) is 8.87. The number of H-pyrrole nitrogens is 1. The summed E-state index contributed by atoms with van der Waals surface area (Å²) in [6, 6.07) is 1.83. The lowest BCUT2D eigenvalue weighted by atomic mass is 9.58. The Morgan fingerprint density at radius 3 is 2.90 bits per heavy atom. The molecule has 48 heavy (non-hydrogen) atoms. The number of hydrogen-bond acceptors (Lipinski definition) is 10. The monoisotopic (exact) mass is 674 g/mol. The minimum absolute atomic E-state index is 0.0489. The normalized spacial score (nSPS) is 29.5. The first-order valence-corrected chi connectivity index (χ1v) is 17.0. The van der Waals surface area contributed by atoms with Gasteiger partial charge in [0.15, 0.2) is 5.82 Å². The van der Waals surface area contributed by atoms with Gasteiger partial charge in [0, 0.05) is 54.6 Å². The number of alkyl halides is 1. The van der Waals surface area contributed by atoms with Crippen molar-refractivity contribution in [3.05, 3.63) is 52.7 Å². The van der Waals surface area contributed by atoms with Crippen molar-refractivity contribution in [2.75, 3.05) is 37.7 Å². The predicted octanol–water partition coefficient (Wildman–Crippen LogP) is 5.28. The number of ether oxygens (including phenoxy) is 1. The van der Waals surface area contributed by atoms with Crippen LogP contribution in [0.25, 0.3) is 33.1 Å². The molecule has 10 heterocycles. The fourth-order valence-corrected chi connectivity index (χ4v) is 9.69. The van der Waals surface area contributed by atoms with E-state index >= 15 is 4.39 Å². The van der Waals surface area contributed by atoms with Crippen LogP contribution < -0.4 is 9.64 Å². The minimum Gasteiger partial charge on any atom is -0.461 e. The molecule has 2 N–H and O–H groups in total. The second-order valence-corrected chi connectivity index (χ2v) is 15.0. The number of fused-ring (bicyclic) bond motifs is 2. The number of nitrogens with one attached hydrogen (secondary N) is 1. The highest BCUT2D eigenvalue weighted by Crippen LogP contribution is 2.59. The van der Waals surface area contributed by atoms with Crippen LogP contribution in [0.2, 0.25) is 5.02 Å². The second-order valence-electron chi connectivity index (χ2n) is 14.6. The fraction of sp³-hybridized carbons (Fsp3) is 0.500. The molecule has 9 bridgehead atoms. The minimum atomic E-state index is -1.16. The number of hydrogen-bond donors (Lipinski definition) is 2. The highest BCUT2D eigenvalue weighted by atomic mass is 35.5. The van der Waals surface area contributed by atoms with Crippen LogP contribution in [0, 0.1) is 11.2 Å². The molecule has 3 saturated heterocycles. The van der Waals surface area contributed by atoms with Gasteiger partial charge in [0.05, 0.1) is 28.8 Å². The van der Waals surface area contributed by atoms with E-state index in [4.69, 9.17) is 30.7 Å². The van der Waals surface area contributed by atoms with Crippen molar-refractivity contribution in [3.8, 4) is 17.3 Å². The van der Waals surface area contributed by atoms with Crippen molar-refractivity contribution in [1.29, 1.82) is 0 Å². The van der Waals surface area contributed by atoms with E-state index in [0.29, 0.717) is 102 Å². The molecule has 4 fully saturated rings. The first kappa shape index (κ1) is 29.0. The van der Waals surface area contributed by atoms with Crippen molar-refractivity contribution in [1.82, 2.24) is 35.0 Å². The maximum Gasteiger partial charge on any atom is 0.319 e. The molecule has 7 aliphatic rings. The Kier molecular flexibility index (Phi) is 6.08. The third kappa shape index (κ3) is 4.19. The maximum absolute atomic E-state index is 17.1. The number of oxazole rings is 1. The fourth-order valence-electron chi connectivity index (χ4n) is 9.40. The highest BCUT2D eigenvalue weighted by Gasteiger charge is 2.59. The van der Waals surface area contributed by atoms with Crippen LogP contribution in [0.5, 0.6) is 6.01 Å². The number of halogens is 3. The van der Waals surface area contributed by atoms with E-state index < -0.39 is 23.1 Å². The van der Waals surface area contributed by atoms with Crippen LogP contribution in [-0.4, -0.2) is 84.6 Å². The Bertz CT molecular complexity index is 2130. The molecule has 14 heteroatoms. The first-order chi connectivity index (χ1) is 23.2. The lowest BCUT2D eigenvalue weighted by molar-refractivity contribution is -0.142. The molecule has 5 aromatic rings. The van der Waals surface area contributed by atoms with Crippen LogP contribution >= 0.6 is 11.6 Å². The van der Waals surface area contributed by atoms with Gasteiger partial charge in [0.1, 0.15) is 41.2 Å². The lowest BCUT2D eigenvalue weighted by Crippen LogP contribution is -2.51. The molecule has 6 aliphatic heterocycles. The van der Waals surface area contributed by atoms with E-state index in [-0.39, 0.29) is 29.2 Å². The average molecular weight is 675 g/mol. The van der Waals surface area contributed by atoms with Gasteiger partial charge in [-0.15, -0.1) is 0 Å². The molecule has 248 valence electrons. The number of aliphatic hydroxyl groups is 1. The molecule has 11 nitrogen and oxygen atoms in total. The molecule has 1 aromatic carbocycles.